The van der Waals surface area contributed by atoms with Crippen LogP contribution >= 0.6 is 0 Å². The Morgan fingerprint density at radius 2 is 1.95 bits per heavy atom. The molecule has 1 saturated heterocycles. The number of piperazine rings is 1. The molecule has 3 aliphatic heterocycles. The number of carbonyl (C=O) groups is 2. The van der Waals surface area contributed by atoms with Crippen LogP contribution in [0.4, 0.5) is 0 Å². The number of nitrogens with two attached hydrogens (primary N) is 1. The van der Waals surface area contributed by atoms with E-state index >= 15 is 0 Å². The van der Waals surface area contributed by atoms with E-state index in [2.05, 4.69) is 27.8 Å². The van der Waals surface area contributed by atoms with Gasteiger partial charge in [-0.05, 0) is 51.8 Å². The average molecular weight is 548 g/mol. The highest BCUT2D eigenvalue weighted by Gasteiger charge is 2.57. The van der Waals surface area contributed by atoms with Crippen molar-refractivity contribution in [3.8, 4) is 17.6 Å². The molecule has 0 spiro atoms. The summed E-state index contributed by atoms with van der Waals surface area (Å²) in [5.74, 6) is -0.0557. The molecular weight excluding hydrogens is 510 g/mol. The molecule has 0 amide bonds. The second kappa shape index (κ2) is 10.1. The minimum absolute atomic E-state index is 0.0317. The highest BCUT2D eigenvalue weighted by Crippen LogP contribution is 2.53. The molecule has 1 aromatic rings. The number of rotatable bonds is 6. The van der Waals surface area contributed by atoms with Crippen molar-refractivity contribution in [3.05, 3.63) is 57.5 Å². The lowest BCUT2D eigenvalue weighted by molar-refractivity contribution is -0.122. The number of hydrogen-bond acceptors (Lipinski definition) is 10. The molecule has 1 fully saturated rings. The molecule has 1 unspecified atom stereocenters. The van der Waals surface area contributed by atoms with Crippen molar-refractivity contribution in [2.24, 2.45) is 5.73 Å². The number of benzene rings is 1. The summed E-state index contributed by atoms with van der Waals surface area (Å²) in [7, 11) is 4.88. The van der Waals surface area contributed by atoms with E-state index in [0.717, 1.165) is 16.7 Å². The Hall–Kier alpha value is -3.65. The van der Waals surface area contributed by atoms with Gasteiger partial charge in [0, 0.05) is 52.7 Å². The number of likely N-dealkylation sites (N-methyl/N-ethyl adjacent to an activating group) is 1. The first-order valence-corrected chi connectivity index (χ1v) is 13.5. The van der Waals surface area contributed by atoms with Crippen LogP contribution in [0.2, 0.25) is 0 Å². The third-order valence-electron chi connectivity index (χ3n) is 9.14. The van der Waals surface area contributed by atoms with Gasteiger partial charge in [0.15, 0.2) is 23.0 Å². The maximum Gasteiger partial charge on any atom is 0.226 e. The summed E-state index contributed by atoms with van der Waals surface area (Å²) in [6, 6.07) is 2.06. The number of phenolic OH excluding ortho intramolecular Hbond substituents is 1. The topological polar surface area (TPSA) is 141 Å². The summed E-state index contributed by atoms with van der Waals surface area (Å²) >= 11 is 0. The van der Waals surface area contributed by atoms with E-state index in [0.29, 0.717) is 29.0 Å². The lowest BCUT2D eigenvalue weighted by atomic mass is 9.69. The predicted molar refractivity (Wildman–Crippen MR) is 148 cm³/mol. The van der Waals surface area contributed by atoms with Crippen LogP contribution < -0.4 is 15.8 Å². The summed E-state index contributed by atoms with van der Waals surface area (Å²) in [4.78, 5) is 31.8. The van der Waals surface area contributed by atoms with Crippen molar-refractivity contribution in [3.63, 3.8) is 0 Å². The number of fused-ring (bicyclic) bond motifs is 6. The second-order valence-corrected chi connectivity index (χ2v) is 11.2. The van der Waals surface area contributed by atoms with Gasteiger partial charge in [-0.1, -0.05) is 12.6 Å². The van der Waals surface area contributed by atoms with Crippen LogP contribution in [-0.4, -0.2) is 84.5 Å². The standard InChI is InChI=1S/C30H37N5O5/c1-13-8-17-9-19-21(11-31)35-20(25(34(19)5)23(17)27(37)29(13)39-6)10-18-24(22(35)12-33-16(4)15(3)32)28(38)30(40-7)14(2)26(18)36/h8,15,19-22,25,33,37H,4,9-10,12,32H2,1-3,5-7H3/t15-,19+,20-,21-,22-,25?/m0/s1. The van der Waals surface area contributed by atoms with E-state index < -0.39 is 12.1 Å². The summed E-state index contributed by atoms with van der Waals surface area (Å²) in [5.41, 5.74) is 10.2. The van der Waals surface area contributed by atoms with Gasteiger partial charge < -0.3 is 25.6 Å². The lowest BCUT2D eigenvalue weighted by Gasteiger charge is -2.60. The molecule has 4 aliphatic rings. The highest BCUT2D eigenvalue weighted by atomic mass is 16.5. The van der Waals surface area contributed by atoms with Gasteiger partial charge in [0.25, 0.3) is 0 Å². The fraction of sp³-hybridized carbons (Fsp3) is 0.500. The highest BCUT2D eigenvalue weighted by molar-refractivity contribution is 6.25. The summed E-state index contributed by atoms with van der Waals surface area (Å²) in [6.45, 7) is 9.55. The number of carbonyl (C=O) groups excluding carboxylic acids is 2. The molecule has 10 nitrogen and oxygen atoms in total. The minimum atomic E-state index is -0.627. The molecule has 0 radical (unpaired) electrons. The predicted octanol–water partition coefficient (Wildman–Crippen LogP) is 1.77. The molecule has 0 saturated carbocycles. The zero-order chi connectivity index (χ0) is 29.2. The smallest absolute Gasteiger partial charge is 0.226 e. The van der Waals surface area contributed by atoms with E-state index in [1.54, 1.807) is 6.92 Å². The summed E-state index contributed by atoms with van der Waals surface area (Å²) in [6.07, 6.45) is 0.782. The molecule has 1 aliphatic carbocycles. The van der Waals surface area contributed by atoms with Gasteiger partial charge in [-0.2, -0.15) is 5.26 Å². The normalized spacial score (nSPS) is 28.8. The molecule has 6 atom stereocenters. The van der Waals surface area contributed by atoms with Crippen molar-refractivity contribution >= 4 is 11.6 Å². The molecule has 40 heavy (non-hydrogen) atoms. The van der Waals surface area contributed by atoms with E-state index in [-0.39, 0.29) is 65.8 Å². The van der Waals surface area contributed by atoms with E-state index in [1.165, 1.54) is 14.2 Å². The van der Waals surface area contributed by atoms with Crippen LogP contribution in [0.3, 0.4) is 0 Å². The van der Waals surface area contributed by atoms with E-state index in [1.807, 2.05) is 27.0 Å². The number of Topliss-reactive ketones (excluding diaryl/α,β-unsaturated/α-hetero) is 2. The number of nitrogens with one attached hydrogen (secondary N) is 1. The van der Waals surface area contributed by atoms with Crippen molar-refractivity contribution in [2.75, 3.05) is 27.8 Å². The number of phenols is 1. The van der Waals surface area contributed by atoms with Gasteiger partial charge in [0.1, 0.15) is 6.04 Å². The Morgan fingerprint density at radius 1 is 1.25 bits per heavy atom. The summed E-state index contributed by atoms with van der Waals surface area (Å²) < 4.78 is 11.0. The maximum absolute atomic E-state index is 13.8. The third kappa shape index (κ3) is 3.87. The average Bonchev–Trinajstić information content (AvgIpc) is 2.91. The first-order valence-electron chi connectivity index (χ1n) is 13.5. The molecule has 212 valence electrons. The van der Waals surface area contributed by atoms with Crippen LogP contribution in [-0.2, 0) is 20.7 Å². The Morgan fingerprint density at radius 3 is 2.55 bits per heavy atom. The first-order chi connectivity index (χ1) is 19.0. The molecule has 3 heterocycles. The molecule has 5 rings (SSSR count). The van der Waals surface area contributed by atoms with Gasteiger partial charge in [-0.25, -0.2) is 0 Å². The van der Waals surface area contributed by atoms with Crippen LogP contribution in [0.15, 0.2) is 40.8 Å². The molecule has 0 aromatic heterocycles. The van der Waals surface area contributed by atoms with E-state index in [9.17, 15) is 20.0 Å². The van der Waals surface area contributed by atoms with Crippen molar-refractivity contribution in [1.82, 2.24) is 15.1 Å². The van der Waals surface area contributed by atoms with Crippen molar-refractivity contribution in [1.29, 1.82) is 5.26 Å². The van der Waals surface area contributed by atoms with Gasteiger partial charge >= 0.3 is 0 Å². The van der Waals surface area contributed by atoms with Crippen molar-refractivity contribution < 1.29 is 24.2 Å². The first kappa shape index (κ1) is 27.9. The molecule has 2 bridgehead atoms. The number of ketones is 2. The van der Waals surface area contributed by atoms with Gasteiger partial charge in [-0.15, -0.1) is 0 Å². The van der Waals surface area contributed by atoms with Crippen LogP contribution in [0.25, 0.3) is 0 Å². The lowest BCUT2D eigenvalue weighted by Crippen LogP contribution is -2.71. The zero-order valence-corrected chi connectivity index (χ0v) is 23.9. The van der Waals surface area contributed by atoms with E-state index in [4.69, 9.17) is 15.2 Å². The van der Waals surface area contributed by atoms with Gasteiger partial charge in [-0.3, -0.25) is 19.4 Å². The van der Waals surface area contributed by atoms with Crippen molar-refractivity contribution in [2.45, 2.75) is 69.9 Å². The van der Waals surface area contributed by atoms with Crippen LogP contribution in [0.1, 0.15) is 43.0 Å². The number of nitriles is 1. The Bertz CT molecular complexity index is 1420. The SMILES string of the molecule is C=C(NC[C@H]1C2=C(C[C@H]3C4c5c(cc(C)c(OC)c5O)C[C@H]([C@H](C#N)N13)N4C)C(=O)C(C)=C(OC)C2=O)[C@H](C)N. The Balaban J connectivity index is 1.72. The number of ether oxygens (including phenoxy) is 2. The third-order valence-corrected chi connectivity index (χ3v) is 9.14. The second-order valence-electron chi connectivity index (χ2n) is 11.2. The van der Waals surface area contributed by atoms with Crippen LogP contribution in [0.5, 0.6) is 11.5 Å². The number of aromatic hydroxyl groups is 1. The number of allylic oxidation sites excluding steroid dienone is 2. The summed E-state index contributed by atoms with van der Waals surface area (Å²) in [5, 5.41) is 25.3. The number of aryl methyl sites for hydroxylation is 1. The fourth-order valence-corrected chi connectivity index (χ4v) is 7.20. The largest absolute Gasteiger partial charge is 0.504 e. The maximum atomic E-state index is 13.8. The fourth-order valence-electron chi connectivity index (χ4n) is 7.20. The Kier molecular flexibility index (Phi) is 7.03. The van der Waals surface area contributed by atoms with Gasteiger partial charge in [0.05, 0.1) is 32.4 Å². The Labute approximate surface area is 234 Å². The molecule has 4 N–H and O–H groups in total. The van der Waals surface area contributed by atoms with Crippen LogP contribution in [0, 0.1) is 18.3 Å². The number of methoxy groups -OCH3 is 2. The monoisotopic (exact) mass is 547 g/mol. The minimum Gasteiger partial charge on any atom is -0.504 e. The molecular formula is C30H37N5O5. The number of hydrogen-bond donors (Lipinski definition) is 3. The number of nitrogens with zero attached hydrogens (tertiary/aromatic N) is 3. The molecule has 10 heteroatoms. The zero-order valence-electron chi connectivity index (χ0n) is 23.9. The molecule has 1 aromatic carbocycles. The van der Waals surface area contributed by atoms with Gasteiger partial charge in [0.2, 0.25) is 5.78 Å². The quantitative estimate of drug-likeness (QED) is 0.451.